The number of hydrogen-bond donors (Lipinski definition) is 1. The van der Waals surface area contributed by atoms with Gasteiger partial charge in [-0.25, -0.2) is 13.4 Å². The van der Waals surface area contributed by atoms with Crippen LogP contribution in [0.1, 0.15) is 17.0 Å². The Balaban J connectivity index is 2.15. The van der Waals surface area contributed by atoms with Gasteiger partial charge in [0, 0.05) is 17.8 Å². The molecule has 1 aromatic carbocycles. The lowest BCUT2D eigenvalue weighted by Gasteiger charge is -2.08. The summed E-state index contributed by atoms with van der Waals surface area (Å²) in [6.45, 7) is 4.20. The maximum Gasteiger partial charge on any atom is 0.180 e. The van der Waals surface area contributed by atoms with Crippen LogP contribution in [0.3, 0.4) is 0 Å². The minimum Gasteiger partial charge on any atom is -0.389 e. The van der Waals surface area contributed by atoms with Gasteiger partial charge in [0.15, 0.2) is 9.84 Å². The van der Waals surface area contributed by atoms with Crippen molar-refractivity contribution in [2.45, 2.75) is 25.3 Å². The number of hydrogen-bond acceptors (Lipinski definition) is 4. The second-order valence-electron chi connectivity index (χ2n) is 4.82. The molecule has 0 aliphatic heterocycles. The number of nitrogens with zero attached hydrogens (tertiary/aromatic N) is 2. The molecule has 2 rings (SSSR count). The lowest BCUT2D eigenvalue weighted by atomic mass is 10.2. The van der Waals surface area contributed by atoms with E-state index >= 15 is 0 Å². The monoisotopic (exact) mass is 323 g/mol. The van der Waals surface area contributed by atoms with Crippen molar-refractivity contribution < 1.29 is 8.42 Å². The highest BCUT2D eigenvalue weighted by atomic mass is 32.2. The van der Waals surface area contributed by atoms with Crippen molar-refractivity contribution in [1.82, 2.24) is 9.55 Å². The lowest BCUT2D eigenvalue weighted by Crippen LogP contribution is -2.14. The zero-order valence-electron chi connectivity index (χ0n) is 11.9. The number of aromatic nitrogens is 2. The number of imidazole rings is 1. The third-order valence-electron chi connectivity index (χ3n) is 3.44. The highest BCUT2D eigenvalue weighted by Crippen LogP contribution is 2.14. The topological polar surface area (TPSA) is 78.0 Å². The first-order valence-corrected chi connectivity index (χ1v) is 8.48. The Morgan fingerprint density at radius 3 is 2.38 bits per heavy atom. The van der Waals surface area contributed by atoms with E-state index in [1.54, 1.807) is 18.5 Å². The molecule has 0 unspecified atom stereocenters. The largest absolute Gasteiger partial charge is 0.389 e. The number of aryl methyl sites for hydroxylation is 2. The first kappa shape index (κ1) is 15.7. The van der Waals surface area contributed by atoms with E-state index < -0.39 is 9.84 Å². The molecule has 0 spiro atoms. The van der Waals surface area contributed by atoms with Crippen LogP contribution in [-0.2, 0) is 16.4 Å². The van der Waals surface area contributed by atoms with Crippen LogP contribution in [0.2, 0.25) is 0 Å². The summed E-state index contributed by atoms with van der Waals surface area (Å²) >= 11 is 4.85. The Morgan fingerprint density at radius 1 is 1.29 bits per heavy atom. The molecule has 2 aromatic rings. The molecule has 112 valence electrons. The molecule has 0 atom stereocenters. The molecular weight excluding hydrogens is 306 g/mol. The Kier molecular flexibility index (Phi) is 4.43. The van der Waals surface area contributed by atoms with E-state index in [0.29, 0.717) is 12.1 Å². The molecule has 2 N–H and O–H groups in total. The van der Waals surface area contributed by atoms with Crippen LogP contribution in [0.15, 0.2) is 35.5 Å². The van der Waals surface area contributed by atoms with Gasteiger partial charge in [-0.3, -0.25) is 0 Å². The summed E-state index contributed by atoms with van der Waals surface area (Å²) in [6, 6.07) is 6.33. The third-order valence-corrected chi connectivity index (χ3v) is 5.39. The summed E-state index contributed by atoms with van der Waals surface area (Å²) in [5.74, 6) is 0.0239. The van der Waals surface area contributed by atoms with Gasteiger partial charge in [0.2, 0.25) is 0 Å². The lowest BCUT2D eigenvalue weighted by molar-refractivity contribution is 0.588. The highest BCUT2D eigenvalue weighted by Gasteiger charge is 2.15. The zero-order chi connectivity index (χ0) is 15.6. The fraction of sp³-hybridized carbons (Fsp3) is 0.286. The molecule has 1 aromatic heterocycles. The Labute approximate surface area is 129 Å². The molecule has 0 aliphatic carbocycles. The van der Waals surface area contributed by atoms with Crippen LogP contribution in [-0.4, -0.2) is 28.7 Å². The minimum atomic E-state index is -3.34. The predicted octanol–water partition coefficient (Wildman–Crippen LogP) is 1.61. The summed E-state index contributed by atoms with van der Waals surface area (Å²) in [6.07, 6.45) is 1.66. The van der Waals surface area contributed by atoms with Gasteiger partial charge in [-0.15, -0.1) is 0 Å². The van der Waals surface area contributed by atoms with Gasteiger partial charge < -0.3 is 10.3 Å². The standard InChI is InChI=1S/C14H17N3O2S2/c1-10-11(2)17(9-16-10)7-8-21(18,19)13-5-3-12(4-6-13)14(15)20/h3-6,9H,7-8H2,1-2H3,(H2,15,20). The molecule has 0 saturated heterocycles. The van der Waals surface area contributed by atoms with E-state index in [4.69, 9.17) is 18.0 Å². The van der Waals surface area contributed by atoms with Crippen molar-refractivity contribution in [3.8, 4) is 0 Å². The summed E-state index contributed by atoms with van der Waals surface area (Å²) in [5, 5.41) is 0. The SMILES string of the molecule is Cc1ncn(CCS(=O)(=O)c2ccc(C(N)=S)cc2)c1C. The summed E-state index contributed by atoms with van der Waals surface area (Å²) in [4.78, 5) is 4.69. The van der Waals surface area contributed by atoms with Crippen molar-refractivity contribution in [2.24, 2.45) is 5.73 Å². The molecule has 0 fully saturated rings. The van der Waals surface area contributed by atoms with Gasteiger partial charge in [-0.05, 0) is 26.0 Å². The highest BCUT2D eigenvalue weighted by molar-refractivity contribution is 7.91. The van der Waals surface area contributed by atoms with Gasteiger partial charge in [0.25, 0.3) is 0 Å². The number of rotatable bonds is 5. The van der Waals surface area contributed by atoms with Crippen molar-refractivity contribution in [3.63, 3.8) is 0 Å². The quantitative estimate of drug-likeness (QED) is 0.846. The van der Waals surface area contributed by atoms with E-state index in [1.807, 2.05) is 18.4 Å². The van der Waals surface area contributed by atoms with Crippen molar-refractivity contribution in [3.05, 3.63) is 47.5 Å². The van der Waals surface area contributed by atoms with E-state index in [2.05, 4.69) is 4.98 Å². The first-order valence-electron chi connectivity index (χ1n) is 6.42. The fourth-order valence-corrected chi connectivity index (χ4v) is 3.29. The maximum absolute atomic E-state index is 12.3. The smallest absolute Gasteiger partial charge is 0.180 e. The number of sulfone groups is 1. The van der Waals surface area contributed by atoms with E-state index in [9.17, 15) is 8.42 Å². The normalized spacial score (nSPS) is 11.5. The van der Waals surface area contributed by atoms with E-state index in [1.165, 1.54) is 12.1 Å². The van der Waals surface area contributed by atoms with Crippen LogP contribution in [0, 0.1) is 13.8 Å². The average Bonchev–Trinajstić information content (AvgIpc) is 2.77. The summed E-state index contributed by atoms with van der Waals surface area (Å²) in [5.41, 5.74) is 8.05. The number of thiocarbonyl (C=S) groups is 1. The average molecular weight is 323 g/mol. The number of benzene rings is 1. The molecule has 21 heavy (non-hydrogen) atoms. The molecule has 0 aliphatic rings. The van der Waals surface area contributed by atoms with Crippen molar-refractivity contribution >= 4 is 27.0 Å². The molecule has 0 amide bonds. The Morgan fingerprint density at radius 2 is 1.90 bits per heavy atom. The molecular formula is C14H17N3O2S2. The van der Waals surface area contributed by atoms with Crippen LogP contribution in [0.4, 0.5) is 0 Å². The van der Waals surface area contributed by atoms with Gasteiger partial charge in [0.1, 0.15) is 4.99 Å². The predicted molar refractivity (Wildman–Crippen MR) is 86.1 cm³/mol. The first-order chi connectivity index (χ1) is 9.81. The zero-order valence-corrected chi connectivity index (χ0v) is 13.5. The van der Waals surface area contributed by atoms with E-state index in [0.717, 1.165) is 11.4 Å². The van der Waals surface area contributed by atoms with Crippen molar-refractivity contribution in [1.29, 1.82) is 0 Å². The Hall–Kier alpha value is -1.73. The second-order valence-corrected chi connectivity index (χ2v) is 7.37. The van der Waals surface area contributed by atoms with Crippen LogP contribution >= 0.6 is 12.2 Å². The molecule has 0 radical (unpaired) electrons. The van der Waals surface area contributed by atoms with E-state index in [-0.39, 0.29) is 15.6 Å². The van der Waals surface area contributed by atoms with Gasteiger partial charge in [0.05, 0.1) is 22.7 Å². The minimum absolute atomic E-state index is 0.0239. The van der Waals surface area contributed by atoms with Crippen LogP contribution in [0.5, 0.6) is 0 Å². The van der Waals surface area contributed by atoms with Gasteiger partial charge in [-0.2, -0.15) is 0 Å². The third kappa shape index (κ3) is 3.48. The fourth-order valence-electron chi connectivity index (χ4n) is 1.93. The summed E-state index contributed by atoms with van der Waals surface area (Å²) < 4.78 is 26.5. The molecule has 7 heteroatoms. The number of nitrogens with two attached hydrogens (primary N) is 1. The molecule has 5 nitrogen and oxygen atoms in total. The Bertz CT molecular complexity index is 762. The molecule has 0 bridgehead atoms. The van der Waals surface area contributed by atoms with Crippen molar-refractivity contribution in [2.75, 3.05) is 5.75 Å². The van der Waals surface area contributed by atoms with Gasteiger partial charge >= 0.3 is 0 Å². The van der Waals surface area contributed by atoms with Crippen LogP contribution < -0.4 is 5.73 Å². The summed E-state index contributed by atoms with van der Waals surface area (Å²) in [7, 11) is -3.34. The molecule has 1 heterocycles. The second kappa shape index (κ2) is 5.95. The molecule has 0 saturated carbocycles. The van der Waals surface area contributed by atoms with Crippen LogP contribution in [0.25, 0.3) is 0 Å². The van der Waals surface area contributed by atoms with Gasteiger partial charge in [-0.1, -0.05) is 24.4 Å². The maximum atomic E-state index is 12.3.